The van der Waals surface area contributed by atoms with Crippen LogP contribution in [0.15, 0.2) is 0 Å². The van der Waals surface area contributed by atoms with Crippen LogP contribution in [0.1, 0.15) is 39.0 Å². The van der Waals surface area contributed by atoms with Crippen LogP contribution in [0.4, 0.5) is 0 Å². The molecule has 4 unspecified atom stereocenters. The van der Waals surface area contributed by atoms with Crippen LogP contribution in [0, 0.1) is 17.8 Å². The molecule has 3 rings (SSSR count). The van der Waals surface area contributed by atoms with E-state index >= 15 is 0 Å². The monoisotopic (exact) mass is 266 g/mol. The number of nitrogens with zero attached hydrogens (tertiary/aromatic N) is 1. The van der Waals surface area contributed by atoms with Crippen LogP contribution in [-0.4, -0.2) is 42.6 Å². The summed E-state index contributed by atoms with van der Waals surface area (Å²) in [7, 11) is 0. The van der Waals surface area contributed by atoms with Crippen LogP contribution < -0.4 is 5.73 Å². The molecular weight excluding hydrogens is 240 g/mol. The van der Waals surface area contributed by atoms with Crippen molar-refractivity contribution in [3.05, 3.63) is 0 Å². The summed E-state index contributed by atoms with van der Waals surface area (Å²) < 4.78 is 5.64. The summed E-state index contributed by atoms with van der Waals surface area (Å²) >= 11 is 0. The molecule has 0 spiro atoms. The molecule has 2 bridgehead atoms. The molecule has 4 heteroatoms. The summed E-state index contributed by atoms with van der Waals surface area (Å²) in [5, 5.41) is 0. The summed E-state index contributed by atoms with van der Waals surface area (Å²) in [4.78, 5) is 14.7. The van der Waals surface area contributed by atoms with Crippen molar-refractivity contribution in [1.82, 2.24) is 4.90 Å². The van der Waals surface area contributed by atoms with Gasteiger partial charge in [0.1, 0.15) is 0 Å². The van der Waals surface area contributed by atoms with Crippen LogP contribution in [0.3, 0.4) is 0 Å². The SMILES string of the molecule is CCOC1CCN(C(=O)C2C3CCC(C3)C2N)CC1. The van der Waals surface area contributed by atoms with E-state index < -0.39 is 0 Å². The van der Waals surface area contributed by atoms with Crippen molar-refractivity contribution in [3.63, 3.8) is 0 Å². The van der Waals surface area contributed by atoms with Gasteiger partial charge in [-0.25, -0.2) is 0 Å². The Labute approximate surface area is 115 Å². The Hall–Kier alpha value is -0.610. The zero-order chi connectivity index (χ0) is 13.4. The molecule has 0 aromatic rings. The topological polar surface area (TPSA) is 55.6 Å². The molecule has 1 amide bonds. The average molecular weight is 266 g/mol. The molecule has 4 nitrogen and oxygen atoms in total. The van der Waals surface area contributed by atoms with E-state index in [0.29, 0.717) is 23.8 Å². The fraction of sp³-hybridized carbons (Fsp3) is 0.933. The second-order valence-electron chi connectivity index (χ2n) is 6.42. The third kappa shape index (κ3) is 2.40. The first-order chi connectivity index (χ1) is 9.20. The van der Waals surface area contributed by atoms with Crippen LogP contribution in [0.25, 0.3) is 0 Å². The zero-order valence-corrected chi connectivity index (χ0v) is 11.9. The molecule has 2 saturated carbocycles. The van der Waals surface area contributed by atoms with Gasteiger partial charge >= 0.3 is 0 Å². The van der Waals surface area contributed by atoms with Crippen LogP contribution >= 0.6 is 0 Å². The van der Waals surface area contributed by atoms with Crippen LogP contribution in [-0.2, 0) is 9.53 Å². The molecule has 0 aromatic carbocycles. The Morgan fingerprint density at radius 1 is 1.21 bits per heavy atom. The van der Waals surface area contributed by atoms with Gasteiger partial charge in [0.2, 0.25) is 5.91 Å². The molecule has 0 aromatic heterocycles. The highest BCUT2D eigenvalue weighted by atomic mass is 16.5. The van der Waals surface area contributed by atoms with Gasteiger partial charge in [0, 0.05) is 25.7 Å². The number of hydrogen-bond acceptors (Lipinski definition) is 3. The number of rotatable bonds is 3. The minimum atomic E-state index is 0.113. The molecule has 3 aliphatic rings. The number of amides is 1. The van der Waals surface area contributed by atoms with Crippen molar-refractivity contribution in [1.29, 1.82) is 0 Å². The van der Waals surface area contributed by atoms with E-state index in [9.17, 15) is 4.79 Å². The number of likely N-dealkylation sites (tertiary alicyclic amines) is 1. The molecule has 2 N–H and O–H groups in total. The Bertz CT molecular complexity index is 337. The zero-order valence-electron chi connectivity index (χ0n) is 11.9. The van der Waals surface area contributed by atoms with E-state index in [1.165, 1.54) is 19.3 Å². The highest BCUT2D eigenvalue weighted by Crippen LogP contribution is 2.48. The molecule has 1 heterocycles. The van der Waals surface area contributed by atoms with Gasteiger partial charge < -0.3 is 15.4 Å². The van der Waals surface area contributed by atoms with Crippen LogP contribution in [0.5, 0.6) is 0 Å². The molecule has 4 atom stereocenters. The summed E-state index contributed by atoms with van der Waals surface area (Å²) in [6.45, 7) is 4.51. The van der Waals surface area contributed by atoms with Gasteiger partial charge in [-0.3, -0.25) is 4.79 Å². The van der Waals surface area contributed by atoms with E-state index in [4.69, 9.17) is 10.5 Å². The lowest BCUT2D eigenvalue weighted by molar-refractivity contribution is -0.140. The van der Waals surface area contributed by atoms with Gasteiger partial charge in [-0.15, -0.1) is 0 Å². The maximum Gasteiger partial charge on any atom is 0.227 e. The number of nitrogens with two attached hydrogens (primary N) is 1. The number of carbonyl (C=O) groups is 1. The van der Waals surface area contributed by atoms with Crippen molar-refractivity contribution in [2.24, 2.45) is 23.5 Å². The Kier molecular flexibility index (Phi) is 3.81. The van der Waals surface area contributed by atoms with Gasteiger partial charge in [-0.1, -0.05) is 0 Å². The summed E-state index contributed by atoms with van der Waals surface area (Å²) in [5.41, 5.74) is 6.27. The van der Waals surface area contributed by atoms with Crippen molar-refractivity contribution >= 4 is 5.91 Å². The normalized spacial score (nSPS) is 38.9. The number of fused-ring (bicyclic) bond motifs is 2. The lowest BCUT2D eigenvalue weighted by atomic mass is 9.83. The number of piperidine rings is 1. The van der Waals surface area contributed by atoms with E-state index in [1.807, 2.05) is 11.8 Å². The largest absolute Gasteiger partial charge is 0.378 e. The predicted molar refractivity (Wildman–Crippen MR) is 73.5 cm³/mol. The molecular formula is C15H26N2O2. The highest BCUT2D eigenvalue weighted by Gasteiger charge is 2.50. The van der Waals surface area contributed by atoms with Crippen molar-refractivity contribution in [3.8, 4) is 0 Å². The van der Waals surface area contributed by atoms with E-state index in [1.54, 1.807) is 0 Å². The van der Waals surface area contributed by atoms with Gasteiger partial charge in [0.25, 0.3) is 0 Å². The van der Waals surface area contributed by atoms with Gasteiger partial charge in [-0.05, 0) is 50.9 Å². The van der Waals surface area contributed by atoms with Crippen molar-refractivity contribution in [2.75, 3.05) is 19.7 Å². The van der Waals surface area contributed by atoms with Crippen molar-refractivity contribution in [2.45, 2.75) is 51.2 Å². The Morgan fingerprint density at radius 2 is 1.89 bits per heavy atom. The quantitative estimate of drug-likeness (QED) is 0.840. The minimum absolute atomic E-state index is 0.113. The number of hydrogen-bond donors (Lipinski definition) is 1. The average Bonchev–Trinajstić information content (AvgIpc) is 3.00. The third-order valence-electron chi connectivity index (χ3n) is 5.42. The highest BCUT2D eigenvalue weighted by molar-refractivity contribution is 5.80. The Balaban J connectivity index is 1.57. The smallest absolute Gasteiger partial charge is 0.227 e. The first-order valence-electron chi connectivity index (χ1n) is 7.86. The first kappa shape index (κ1) is 13.4. The van der Waals surface area contributed by atoms with E-state index in [0.717, 1.165) is 32.5 Å². The van der Waals surface area contributed by atoms with Gasteiger partial charge in [0.15, 0.2) is 0 Å². The van der Waals surface area contributed by atoms with E-state index in [2.05, 4.69) is 0 Å². The fourth-order valence-corrected chi connectivity index (χ4v) is 4.39. The van der Waals surface area contributed by atoms with Crippen molar-refractivity contribution < 1.29 is 9.53 Å². The fourth-order valence-electron chi connectivity index (χ4n) is 4.39. The number of ether oxygens (including phenoxy) is 1. The molecule has 0 radical (unpaired) electrons. The molecule has 1 saturated heterocycles. The molecule has 2 aliphatic carbocycles. The third-order valence-corrected chi connectivity index (χ3v) is 5.42. The van der Waals surface area contributed by atoms with Crippen LogP contribution in [0.2, 0.25) is 0 Å². The summed E-state index contributed by atoms with van der Waals surface area (Å²) in [6.07, 6.45) is 5.95. The summed E-state index contributed by atoms with van der Waals surface area (Å²) in [6, 6.07) is 0.121. The standard InChI is InChI=1S/C15H26N2O2/c1-2-19-12-5-7-17(8-6-12)15(18)13-10-3-4-11(9-10)14(13)16/h10-14H,2-9,16H2,1H3. The first-order valence-corrected chi connectivity index (χ1v) is 7.86. The van der Waals surface area contributed by atoms with E-state index in [-0.39, 0.29) is 12.0 Å². The van der Waals surface area contributed by atoms with Gasteiger partial charge in [0.05, 0.1) is 12.0 Å². The predicted octanol–water partition coefficient (Wildman–Crippen LogP) is 1.39. The lowest BCUT2D eigenvalue weighted by Gasteiger charge is -2.36. The second kappa shape index (κ2) is 5.41. The molecule has 108 valence electrons. The number of carbonyl (C=O) groups excluding carboxylic acids is 1. The maximum atomic E-state index is 12.7. The summed E-state index contributed by atoms with van der Waals surface area (Å²) in [5.74, 6) is 1.62. The second-order valence-corrected chi connectivity index (χ2v) is 6.42. The Morgan fingerprint density at radius 3 is 2.47 bits per heavy atom. The molecule has 1 aliphatic heterocycles. The van der Waals surface area contributed by atoms with Gasteiger partial charge in [-0.2, -0.15) is 0 Å². The minimum Gasteiger partial charge on any atom is -0.378 e. The lowest BCUT2D eigenvalue weighted by Crippen LogP contribution is -2.50. The maximum absolute atomic E-state index is 12.7. The molecule has 19 heavy (non-hydrogen) atoms. The molecule has 3 fully saturated rings.